The Bertz CT molecular complexity index is 1430. The van der Waals surface area contributed by atoms with Crippen LogP contribution in [0.3, 0.4) is 0 Å². The highest BCUT2D eigenvalue weighted by atomic mass is 35.5. The molecule has 0 aliphatic carbocycles. The molecule has 37 heavy (non-hydrogen) atoms. The van der Waals surface area contributed by atoms with E-state index in [-0.39, 0.29) is 30.0 Å². The molecule has 0 bridgehead atoms. The molecule has 0 radical (unpaired) electrons. The number of phenolic OH excluding ortho intramolecular Hbond substituents is 1. The highest BCUT2D eigenvalue weighted by molar-refractivity contribution is 6.32. The van der Waals surface area contributed by atoms with Crippen molar-refractivity contribution in [1.29, 1.82) is 0 Å². The fraction of sp³-hybridized carbons (Fsp3) is 0.276. The molecule has 3 aromatic rings. The Morgan fingerprint density at radius 3 is 2.41 bits per heavy atom. The van der Waals surface area contributed by atoms with Gasteiger partial charge in [0.05, 0.1) is 17.5 Å². The second kappa shape index (κ2) is 8.71. The maximum atomic E-state index is 14.0. The van der Waals surface area contributed by atoms with E-state index >= 15 is 0 Å². The van der Waals surface area contributed by atoms with Crippen molar-refractivity contribution >= 4 is 35.0 Å². The Labute approximate surface area is 219 Å². The number of likely N-dealkylation sites (tertiary alicyclic amines) is 1. The Hall–Kier alpha value is -3.68. The van der Waals surface area contributed by atoms with Gasteiger partial charge in [0.15, 0.2) is 0 Å². The quantitative estimate of drug-likeness (QED) is 0.451. The summed E-state index contributed by atoms with van der Waals surface area (Å²) in [5.41, 5.74) is 2.52. The number of anilines is 1. The van der Waals surface area contributed by atoms with Gasteiger partial charge in [0.25, 0.3) is 0 Å². The van der Waals surface area contributed by atoms with Gasteiger partial charge in [-0.2, -0.15) is 0 Å². The number of nitrogens with zero attached hydrogens (tertiary/aromatic N) is 1. The van der Waals surface area contributed by atoms with Crippen molar-refractivity contribution in [3.05, 3.63) is 94.0 Å². The summed E-state index contributed by atoms with van der Waals surface area (Å²) < 4.78 is 0. The Kier molecular flexibility index (Phi) is 5.58. The summed E-state index contributed by atoms with van der Waals surface area (Å²) in [6.07, 6.45) is 0.961. The zero-order valence-electron chi connectivity index (χ0n) is 20.2. The number of rotatable bonds is 5. The van der Waals surface area contributed by atoms with Crippen molar-refractivity contribution in [2.24, 2.45) is 11.8 Å². The Balaban J connectivity index is 1.41. The molecule has 3 aliphatic rings. The lowest BCUT2D eigenvalue weighted by Gasteiger charge is -2.29. The number of hydrogen-bond acceptors (Lipinski definition) is 5. The van der Waals surface area contributed by atoms with E-state index in [1.807, 2.05) is 37.3 Å². The van der Waals surface area contributed by atoms with Gasteiger partial charge in [-0.1, -0.05) is 60.1 Å². The fourth-order valence-electron chi connectivity index (χ4n) is 6.22. The maximum absolute atomic E-state index is 14.0. The zero-order valence-corrected chi connectivity index (χ0v) is 21.0. The first-order valence-corrected chi connectivity index (χ1v) is 12.7. The largest absolute Gasteiger partial charge is 0.508 e. The average Bonchev–Trinajstić information content (AvgIpc) is 3.47. The molecule has 2 saturated heterocycles. The number of carbonyl (C=O) groups is 3. The van der Waals surface area contributed by atoms with E-state index < -0.39 is 23.4 Å². The zero-order chi connectivity index (χ0) is 25.9. The maximum Gasteiger partial charge on any atom is 0.250 e. The lowest BCUT2D eigenvalue weighted by atomic mass is 9.76. The SMILES string of the molecule is Cc1c(Cl)ccc2c1NC(=O)[C@]21NC(Cc2ccc(O)cc2)C2C(=O)N(CCc3ccccc3)C(=O)C21. The van der Waals surface area contributed by atoms with E-state index in [2.05, 4.69) is 10.6 Å². The number of aromatic hydroxyl groups is 1. The lowest BCUT2D eigenvalue weighted by molar-refractivity contribution is -0.142. The first-order chi connectivity index (χ1) is 17.8. The molecule has 188 valence electrons. The minimum Gasteiger partial charge on any atom is -0.508 e. The number of phenols is 1. The number of halogens is 1. The third-order valence-electron chi connectivity index (χ3n) is 8.03. The van der Waals surface area contributed by atoms with E-state index in [0.717, 1.165) is 16.7 Å². The third kappa shape index (κ3) is 3.56. The summed E-state index contributed by atoms with van der Waals surface area (Å²) >= 11 is 6.35. The molecular formula is C29H26ClN3O4. The molecule has 3 aliphatic heterocycles. The van der Waals surface area contributed by atoms with Gasteiger partial charge >= 0.3 is 0 Å². The van der Waals surface area contributed by atoms with Crippen molar-refractivity contribution in [2.75, 3.05) is 11.9 Å². The molecule has 3 N–H and O–H groups in total. The summed E-state index contributed by atoms with van der Waals surface area (Å²) in [6.45, 7) is 2.08. The number of carbonyl (C=O) groups excluding carboxylic acids is 3. The van der Waals surface area contributed by atoms with E-state index in [4.69, 9.17) is 11.6 Å². The second-order valence-corrected chi connectivity index (χ2v) is 10.5. The van der Waals surface area contributed by atoms with Crippen molar-refractivity contribution in [2.45, 2.75) is 31.3 Å². The smallest absolute Gasteiger partial charge is 0.250 e. The molecule has 6 rings (SSSR count). The van der Waals surface area contributed by atoms with Gasteiger partial charge in [0, 0.05) is 23.2 Å². The highest BCUT2D eigenvalue weighted by Crippen LogP contribution is 2.54. The number of amides is 3. The molecule has 2 fully saturated rings. The van der Waals surface area contributed by atoms with Crippen LogP contribution in [0.1, 0.15) is 22.3 Å². The van der Waals surface area contributed by atoms with Crippen LogP contribution in [-0.2, 0) is 32.8 Å². The van der Waals surface area contributed by atoms with Crippen LogP contribution >= 0.6 is 11.6 Å². The predicted molar refractivity (Wildman–Crippen MR) is 139 cm³/mol. The standard InChI is InChI=1S/C29H26ClN3O4/c1-16-21(30)12-11-20-25(16)31-28(37)29(20)24-23(22(32-29)15-18-7-9-19(34)10-8-18)26(35)33(27(24)36)14-13-17-5-3-2-4-6-17/h2-12,22-24,32,34H,13-15H2,1H3,(H,31,37)/t22?,23?,24?,29-/m0/s1. The minimum atomic E-state index is -1.37. The molecule has 3 amide bonds. The monoisotopic (exact) mass is 515 g/mol. The third-order valence-corrected chi connectivity index (χ3v) is 8.44. The van der Waals surface area contributed by atoms with Crippen LogP contribution < -0.4 is 10.6 Å². The van der Waals surface area contributed by atoms with Gasteiger partial charge in [0.1, 0.15) is 11.3 Å². The number of hydrogen-bond donors (Lipinski definition) is 3. The van der Waals surface area contributed by atoms with Crippen LogP contribution in [0.2, 0.25) is 5.02 Å². The van der Waals surface area contributed by atoms with Gasteiger partial charge in [-0.05, 0) is 54.7 Å². The fourth-order valence-corrected chi connectivity index (χ4v) is 6.37. The summed E-state index contributed by atoms with van der Waals surface area (Å²) in [5, 5.41) is 16.6. The number of nitrogens with one attached hydrogen (secondary N) is 2. The van der Waals surface area contributed by atoms with Crippen molar-refractivity contribution in [3.63, 3.8) is 0 Å². The molecule has 3 aromatic carbocycles. The number of benzene rings is 3. The number of fused-ring (bicyclic) bond motifs is 4. The van der Waals surface area contributed by atoms with Gasteiger partial charge in [0.2, 0.25) is 17.7 Å². The first-order valence-electron chi connectivity index (χ1n) is 12.4. The van der Waals surface area contributed by atoms with Crippen molar-refractivity contribution in [3.8, 4) is 5.75 Å². The molecule has 1 spiro atoms. The van der Waals surface area contributed by atoms with E-state index in [9.17, 15) is 19.5 Å². The average molecular weight is 516 g/mol. The summed E-state index contributed by atoms with van der Waals surface area (Å²) in [7, 11) is 0. The molecule has 0 aromatic heterocycles. The Morgan fingerprint density at radius 1 is 0.946 bits per heavy atom. The molecule has 0 saturated carbocycles. The topological polar surface area (TPSA) is 98.7 Å². The summed E-state index contributed by atoms with van der Waals surface area (Å²) in [4.78, 5) is 42.8. The van der Waals surface area contributed by atoms with Gasteiger partial charge in [-0.15, -0.1) is 0 Å². The summed E-state index contributed by atoms with van der Waals surface area (Å²) in [6, 6.07) is 19.5. The van der Waals surface area contributed by atoms with Gasteiger partial charge in [-0.3, -0.25) is 24.6 Å². The van der Waals surface area contributed by atoms with E-state index in [1.165, 1.54) is 4.90 Å². The van der Waals surface area contributed by atoms with Crippen LogP contribution in [0.4, 0.5) is 5.69 Å². The van der Waals surface area contributed by atoms with Gasteiger partial charge < -0.3 is 10.4 Å². The van der Waals surface area contributed by atoms with Crippen LogP contribution in [0.15, 0.2) is 66.7 Å². The Morgan fingerprint density at radius 2 is 1.68 bits per heavy atom. The van der Waals surface area contributed by atoms with Crippen LogP contribution in [0, 0.1) is 18.8 Å². The van der Waals surface area contributed by atoms with Crippen LogP contribution in [0.25, 0.3) is 0 Å². The van der Waals surface area contributed by atoms with Gasteiger partial charge in [-0.25, -0.2) is 0 Å². The molecule has 3 unspecified atom stereocenters. The van der Waals surface area contributed by atoms with Crippen molar-refractivity contribution < 1.29 is 19.5 Å². The first kappa shape index (κ1) is 23.7. The lowest BCUT2D eigenvalue weighted by Crippen LogP contribution is -2.53. The minimum absolute atomic E-state index is 0.146. The van der Waals surface area contributed by atoms with Crippen LogP contribution in [0.5, 0.6) is 5.75 Å². The van der Waals surface area contributed by atoms with E-state index in [1.54, 1.807) is 36.4 Å². The molecular weight excluding hydrogens is 490 g/mol. The number of imide groups is 1. The second-order valence-electron chi connectivity index (χ2n) is 10.0. The van der Waals surface area contributed by atoms with Crippen molar-refractivity contribution in [1.82, 2.24) is 10.2 Å². The summed E-state index contributed by atoms with van der Waals surface area (Å²) in [5.74, 6) is -2.37. The molecule has 8 heteroatoms. The molecule has 4 atom stereocenters. The van der Waals surface area contributed by atoms with Crippen LogP contribution in [-0.4, -0.2) is 40.3 Å². The van der Waals surface area contributed by atoms with E-state index in [0.29, 0.717) is 29.1 Å². The predicted octanol–water partition coefficient (Wildman–Crippen LogP) is 3.56. The highest BCUT2D eigenvalue weighted by Gasteiger charge is 2.70. The molecule has 3 heterocycles. The normalized spacial score (nSPS) is 26.1. The molecule has 7 nitrogen and oxygen atoms in total.